The number of carbonyl (C=O) groups excluding carboxylic acids is 1. The van der Waals surface area contributed by atoms with Crippen LogP contribution in [0, 0.1) is 6.92 Å². The van der Waals surface area contributed by atoms with Crippen molar-refractivity contribution in [3.63, 3.8) is 0 Å². The number of Topliss-reactive ketones (excluding diaryl/α,β-unsaturated/α-hetero) is 1. The van der Waals surface area contributed by atoms with E-state index < -0.39 is 21.8 Å². The van der Waals surface area contributed by atoms with E-state index in [0.717, 1.165) is 91.4 Å². The Morgan fingerprint density at radius 2 is 1.83 bits per heavy atom. The molecular formula is C29H38AsN7O4. The van der Waals surface area contributed by atoms with Gasteiger partial charge in [-0.25, -0.2) is 4.79 Å². The summed E-state index contributed by atoms with van der Waals surface area (Å²) in [5.41, 5.74) is 2.44. The van der Waals surface area contributed by atoms with Crippen molar-refractivity contribution < 1.29 is 14.7 Å². The number of fused-ring (bicyclic) bond motifs is 1. The monoisotopic (exact) mass is 623 g/mol. The zero-order valence-electron chi connectivity index (χ0n) is 23.7. The molecule has 3 aromatic rings. The normalized spacial score (nSPS) is 16.7. The summed E-state index contributed by atoms with van der Waals surface area (Å²) in [6, 6.07) is 4.26. The van der Waals surface area contributed by atoms with E-state index in [1.807, 2.05) is 13.1 Å². The minimum atomic E-state index is -0.963. The van der Waals surface area contributed by atoms with Crippen molar-refractivity contribution >= 4 is 53.4 Å². The van der Waals surface area contributed by atoms with Gasteiger partial charge >= 0.3 is 231 Å². The van der Waals surface area contributed by atoms with Gasteiger partial charge in [-0.05, 0) is 0 Å². The molecule has 41 heavy (non-hydrogen) atoms. The van der Waals surface area contributed by atoms with Crippen LogP contribution in [0.3, 0.4) is 0 Å². The number of ketones is 1. The zero-order valence-corrected chi connectivity index (χ0v) is 25.8. The topological polar surface area (TPSA) is 134 Å². The molecule has 11 nitrogen and oxygen atoms in total. The van der Waals surface area contributed by atoms with Gasteiger partial charge in [-0.1, -0.05) is 0 Å². The Labute approximate surface area is 246 Å². The SMILES string of the molecule is CC(=O)c1c(C)c2cnc([AsH]c3ccc(N4CCN(CCCCNC(=O)O)CC4)cn3)nc2n(C2CCCC2)c1=O. The van der Waals surface area contributed by atoms with Crippen LogP contribution in [0.2, 0.25) is 0 Å². The van der Waals surface area contributed by atoms with Crippen LogP contribution in [0.15, 0.2) is 29.3 Å². The molecule has 1 aliphatic carbocycles. The van der Waals surface area contributed by atoms with Crippen molar-refractivity contribution in [2.24, 2.45) is 0 Å². The summed E-state index contributed by atoms with van der Waals surface area (Å²) >= 11 is -0.915. The summed E-state index contributed by atoms with van der Waals surface area (Å²) in [7, 11) is 0. The molecule has 1 atom stereocenters. The maximum atomic E-state index is 13.5. The Kier molecular flexibility index (Phi) is 9.35. The fraction of sp³-hybridized carbons (Fsp3) is 0.517. The molecule has 2 N–H and O–H groups in total. The molecule has 2 fully saturated rings. The van der Waals surface area contributed by atoms with Gasteiger partial charge < -0.3 is 10.4 Å². The first-order valence-corrected chi connectivity index (χ1v) is 16.5. The molecule has 12 heteroatoms. The van der Waals surface area contributed by atoms with Crippen LogP contribution in [-0.4, -0.2) is 96.4 Å². The van der Waals surface area contributed by atoms with Gasteiger partial charge in [-0.3, -0.25) is 0 Å². The van der Waals surface area contributed by atoms with Gasteiger partial charge in [0.25, 0.3) is 0 Å². The first-order chi connectivity index (χ1) is 19.8. The molecule has 1 amide bonds. The quantitative estimate of drug-likeness (QED) is 0.195. The number of rotatable bonds is 10. The predicted molar refractivity (Wildman–Crippen MR) is 161 cm³/mol. The fourth-order valence-electron chi connectivity index (χ4n) is 5.96. The van der Waals surface area contributed by atoms with Crippen LogP contribution in [0.1, 0.15) is 67.4 Å². The standard InChI is InChI=1S/C29H38AsN7O4/c1-19-23-18-33-28(34-26(23)37(21-7-3-4-8-21)27(39)25(19)20(2)38)30-24-10-9-22(17-32-24)36-15-13-35(14-16-36)12-6-5-11-31-29(40)41/h9-10,17-18,21,30-31H,3-8,11-16H2,1-2H3,(H,40,41). The number of carboxylic acid groups (broad SMARTS) is 1. The molecule has 5 rings (SSSR count). The number of nitrogens with zero attached hydrogens (tertiary/aromatic N) is 6. The van der Waals surface area contributed by atoms with Crippen molar-refractivity contribution in [2.45, 2.75) is 58.4 Å². The molecule has 1 unspecified atom stereocenters. The Morgan fingerprint density at radius 3 is 2.49 bits per heavy atom. The molecule has 2 aliphatic rings. The number of amides is 1. The van der Waals surface area contributed by atoms with Gasteiger partial charge in [0.15, 0.2) is 0 Å². The predicted octanol–water partition coefficient (Wildman–Crippen LogP) is 1.37. The summed E-state index contributed by atoms with van der Waals surface area (Å²) < 4.78 is 3.48. The zero-order chi connectivity index (χ0) is 28.9. The van der Waals surface area contributed by atoms with Gasteiger partial charge in [0.05, 0.1) is 0 Å². The van der Waals surface area contributed by atoms with E-state index in [9.17, 15) is 14.4 Å². The number of nitrogens with one attached hydrogen (secondary N) is 1. The van der Waals surface area contributed by atoms with Gasteiger partial charge in [0.1, 0.15) is 0 Å². The number of hydrogen-bond donors (Lipinski definition) is 2. The molecule has 0 aromatic carbocycles. The third-order valence-corrected chi connectivity index (χ3v) is 10.3. The van der Waals surface area contributed by atoms with Crippen molar-refractivity contribution in [3.05, 3.63) is 46.0 Å². The molecule has 0 bridgehead atoms. The minimum absolute atomic E-state index is 0.0678. The van der Waals surface area contributed by atoms with Crippen molar-refractivity contribution in [3.8, 4) is 0 Å². The van der Waals surface area contributed by atoms with E-state index >= 15 is 0 Å². The molecule has 1 saturated carbocycles. The first-order valence-electron chi connectivity index (χ1n) is 14.4. The average molecular weight is 624 g/mol. The number of unbranched alkanes of at least 4 members (excludes halogenated alkanes) is 1. The van der Waals surface area contributed by atoms with E-state index in [1.165, 1.54) is 6.92 Å². The Hall–Kier alpha value is -3.30. The van der Waals surface area contributed by atoms with Crippen LogP contribution in [-0.2, 0) is 0 Å². The first kappa shape index (κ1) is 29.2. The van der Waals surface area contributed by atoms with Crippen LogP contribution < -0.4 is 24.9 Å². The van der Waals surface area contributed by atoms with Crippen molar-refractivity contribution in [1.29, 1.82) is 0 Å². The number of anilines is 1. The molecule has 1 saturated heterocycles. The number of pyridine rings is 2. The average Bonchev–Trinajstić information content (AvgIpc) is 3.48. The third kappa shape index (κ3) is 6.78. The Morgan fingerprint density at radius 1 is 1.07 bits per heavy atom. The Bertz CT molecular complexity index is 1460. The Balaban J connectivity index is 1.25. The van der Waals surface area contributed by atoms with Crippen molar-refractivity contribution in [1.82, 2.24) is 29.7 Å². The molecule has 1 aliphatic heterocycles. The van der Waals surface area contributed by atoms with Crippen LogP contribution in [0.4, 0.5) is 10.5 Å². The third-order valence-electron chi connectivity index (χ3n) is 8.15. The summed E-state index contributed by atoms with van der Waals surface area (Å²) in [4.78, 5) is 55.5. The second-order valence-corrected chi connectivity index (χ2v) is 13.4. The number of hydrogen-bond acceptors (Lipinski definition) is 8. The van der Waals surface area contributed by atoms with Crippen LogP contribution in [0.5, 0.6) is 0 Å². The molecule has 3 aromatic heterocycles. The summed E-state index contributed by atoms with van der Waals surface area (Å²) in [5, 5.41) is 11.9. The molecule has 0 spiro atoms. The number of carbonyl (C=O) groups is 2. The van der Waals surface area contributed by atoms with E-state index in [2.05, 4.69) is 32.2 Å². The van der Waals surface area contributed by atoms with E-state index in [1.54, 1.807) is 10.8 Å². The summed E-state index contributed by atoms with van der Waals surface area (Å²) in [5.74, 6) is -0.213. The molecule has 218 valence electrons. The second kappa shape index (κ2) is 13.1. The maximum absolute atomic E-state index is 13.5. The fourth-order valence-corrected chi connectivity index (χ4v) is 7.67. The van der Waals surface area contributed by atoms with Gasteiger partial charge in [0, 0.05) is 0 Å². The number of piperazine rings is 1. The number of aromatic nitrogens is 4. The summed E-state index contributed by atoms with van der Waals surface area (Å²) in [6.45, 7) is 8.56. The van der Waals surface area contributed by atoms with Gasteiger partial charge in [-0.2, -0.15) is 0 Å². The van der Waals surface area contributed by atoms with E-state index in [4.69, 9.17) is 15.1 Å². The molecular weight excluding hydrogens is 585 g/mol. The van der Waals surface area contributed by atoms with E-state index in [0.29, 0.717) is 17.8 Å². The van der Waals surface area contributed by atoms with Crippen LogP contribution in [0.25, 0.3) is 11.0 Å². The second-order valence-electron chi connectivity index (χ2n) is 10.9. The van der Waals surface area contributed by atoms with Crippen LogP contribution >= 0.6 is 0 Å². The van der Waals surface area contributed by atoms with Crippen molar-refractivity contribution in [2.75, 3.05) is 44.2 Å². The molecule has 0 radical (unpaired) electrons. The number of aryl methyl sites for hydroxylation is 1. The van der Waals surface area contributed by atoms with Gasteiger partial charge in [0.2, 0.25) is 0 Å². The van der Waals surface area contributed by atoms with E-state index in [-0.39, 0.29) is 22.9 Å². The molecule has 4 heterocycles. The van der Waals surface area contributed by atoms with Gasteiger partial charge in [-0.15, -0.1) is 0 Å². The summed E-state index contributed by atoms with van der Waals surface area (Å²) in [6.07, 6.45) is 8.58.